The van der Waals surface area contributed by atoms with E-state index in [9.17, 15) is 13.2 Å². The summed E-state index contributed by atoms with van der Waals surface area (Å²) in [6, 6.07) is 11.6. The molecule has 22 heavy (non-hydrogen) atoms. The van der Waals surface area contributed by atoms with Crippen molar-refractivity contribution >= 4 is 5.69 Å². The van der Waals surface area contributed by atoms with Gasteiger partial charge >= 0.3 is 6.18 Å². The van der Waals surface area contributed by atoms with Crippen LogP contribution in [0.25, 0.3) is 0 Å². The van der Waals surface area contributed by atoms with Gasteiger partial charge in [-0.15, -0.1) is 0 Å². The Morgan fingerprint density at radius 1 is 1.14 bits per heavy atom. The van der Waals surface area contributed by atoms with E-state index in [4.69, 9.17) is 5.26 Å². The van der Waals surface area contributed by atoms with Crippen LogP contribution in [-0.2, 0) is 6.54 Å². The standard InChI is InChI=1S/C15H12F3N3O/c16-15(17,18)10-22-14-5-1-11(2-6-14)8-20-13-4-3-12(7-19)21-9-13/h1-6,9,20H,8,10H2. The lowest BCUT2D eigenvalue weighted by molar-refractivity contribution is -0.153. The predicted molar refractivity (Wildman–Crippen MR) is 74.3 cm³/mol. The second-order valence-corrected chi connectivity index (χ2v) is 4.45. The van der Waals surface area contributed by atoms with Crippen molar-refractivity contribution in [3.63, 3.8) is 0 Å². The molecule has 0 saturated heterocycles. The Morgan fingerprint density at radius 2 is 1.86 bits per heavy atom. The number of hydrogen-bond acceptors (Lipinski definition) is 4. The van der Waals surface area contributed by atoms with Gasteiger partial charge in [-0.2, -0.15) is 18.4 Å². The van der Waals surface area contributed by atoms with Crippen molar-refractivity contribution in [1.82, 2.24) is 4.98 Å². The van der Waals surface area contributed by atoms with Crippen molar-refractivity contribution in [1.29, 1.82) is 5.26 Å². The first kappa shape index (κ1) is 15.6. The number of hydrogen-bond donors (Lipinski definition) is 1. The van der Waals surface area contributed by atoms with Gasteiger partial charge in [0, 0.05) is 6.54 Å². The maximum atomic E-state index is 12.0. The Hall–Kier alpha value is -2.75. The Bertz CT molecular complexity index is 646. The molecule has 1 aromatic heterocycles. The van der Waals surface area contributed by atoms with Crippen molar-refractivity contribution in [3.05, 3.63) is 53.9 Å². The highest BCUT2D eigenvalue weighted by molar-refractivity contribution is 5.43. The summed E-state index contributed by atoms with van der Waals surface area (Å²) in [4.78, 5) is 3.92. The van der Waals surface area contributed by atoms with E-state index in [1.54, 1.807) is 30.5 Å². The second-order valence-electron chi connectivity index (χ2n) is 4.45. The largest absolute Gasteiger partial charge is 0.484 e. The van der Waals surface area contributed by atoms with Crippen LogP contribution in [0.1, 0.15) is 11.3 Å². The summed E-state index contributed by atoms with van der Waals surface area (Å²) in [5.74, 6) is 0.168. The molecule has 0 fully saturated rings. The molecule has 1 heterocycles. The monoisotopic (exact) mass is 307 g/mol. The molecule has 0 aliphatic rings. The number of pyridine rings is 1. The van der Waals surface area contributed by atoms with Crippen LogP contribution in [0.2, 0.25) is 0 Å². The number of nitrogens with one attached hydrogen (secondary N) is 1. The molecule has 0 radical (unpaired) electrons. The number of rotatable bonds is 5. The predicted octanol–water partition coefficient (Wildman–Crippen LogP) is 3.51. The Labute approximate surface area is 125 Å². The van der Waals surface area contributed by atoms with Gasteiger partial charge in [-0.1, -0.05) is 12.1 Å². The molecule has 1 aromatic carbocycles. The Morgan fingerprint density at radius 3 is 2.41 bits per heavy atom. The summed E-state index contributed by atoms with van der Waals surface area (Å²) in [6.07, 6.45) is -2.80. The van der Waals surface area contributed by atoms with Gasteiger partial charge in [0.25, 0.3) is 0 Å². The van der Waals surface area contributed by atoms with Crippen LogP contribution in [0.4, 0.5) is 18.9 Å². The van der Waals surface area contributed by atoms with Crippen molar-refractivity contribution in [3.8, 4) is 11.8 Å². The molecule has 0 aliphatic heterocycles. The molecule has 0 saturated carbocycles. The van der Waals surface area contributed by atoms with Gasteiger partial charge in [0.15, 0.2) is 6.61 Å². The third-order valence-electron chi connectivity index (χ3n) is 2.70. The summed E-state index contributed by atoms with van der Waals surface area (Å²) in [5.41, 5.74) is 1.96. The van der Waals surface area contributed by atoms with Crippen molar-refractivity contribution < 1.29 is 17.9 Å². The highest BCUT2D eigenvalue weighted by Gasteiger charge is 2.28. The molecule has 2 aromatic rings. The molecule has 0 unspecified atom stereocenters. The lowest BCUT2D eigenvalue weighted by atomic mass is 10.2. The van der Waals surface area contributed by atoms with Crippen LogP contribution in [0.5, 0.6) is 5.75 Å². The molecule has 0 aliphatic carbocycles. The average Bonchev–Trinajstić information content (AvgIpc) is 2.52. The number of ether oxygens (including phenoxy) is 1. The van der Waals surface area contributed by atoms with E-state index in [0.717, 1.165) is 11.3 Å². The molecular weight excluding hydrogens is 295 g/mol. The normalized spacial score (nSPS) is 10.8. The molecular formula is C15H12F3N3O. The number of aromatic nitrogens is 1. The summed E-state index contributed by atoms with van der Waals surface area (Å²) < 4.78 is 40.7. The van der Waals surface area contributed by atoms with Gasteiger partial charge in [0.05, 0.1) is 11.9 Å². The molecule has 0 bridgehead atoms. The zero-order valence-electron chi connectivity index (χ0n) is 11.4. The van der Waals surface area contributed by atoms with Gasteiger partial charge in [-0.05, 0) is 29.8 Å². The molecule has 2 rings (SSSR count). The Kier molecular flexibility index (Phi) is 4.84. The summed E-state index contributed by atoms with van der Waals surface area (Å²) in [5, 5.41) is 11.7. The summed E-state index contributed by atoms with van der Waals surface area (Å²) >= 11 is 0. The number of anilines is 1. The third kappa shape index (κ3) is 4.98. The number of nitrogens with zero attached hydrogens (tertiary/aromatic N) is 2. The van der Waals surface area contributed by atoms with E-state index in [1.165, 1.54) is 12.1 Å². The van der Waals surface area contributed by atoms with Crippen molar-refractivity contribution in [2.45, 2.75) is 12.7 Å². The van der Waals surface area contributed by atoms with Gasteiger partial charge in [-0.25, -0.2) is 4.98 Å². The Balaban J connectivity index is 1.87. The zero-order chi connectivity index (χ0) is 16.0. The van der Waals surface area contributed by atoms with E-state index in [2.05, 4.69) is 15.0 Å². The van der Waals surface area contributed by atoms with E-state index in [1.807, 2.05) is 6.07 Å². The summed E-state index contributed by atoms with van der Waals surface area (Å²) in [6.45, 7) is -0.825. The molecule has 1 N–H and O–H groups in total. The van der Waals surface area contributed by atoms with Crippen molar-refractivity contribution in [2.24, 2.45) is 0 Å². The zero-order valence-corrected chi connectivity index (χ0v) is 11.4. The van der Waals surface area contributed by atoms with Gasteiger partial charge in [0.2, 0.25) is 0 Å². The third-order valence-corrected chi connectivity index (χ3v) is 2.70. The van der Waals surface area contributed by atoms with Gasteiger partial charge in [-0.3, -0.25) is 0 Å². The lowest BCUT2D eigenvalue weighted by Crippen LogP contribution is -2.19. The minimum absolute atomic E-state index is 0.168. The van der Waals surface area contributed by atoms with Crippen LogP contribution in [0, 0.1) is 11.3 Å². The number of halogens is 3. The molecule has 0 amide bonds. The second kappa shape index (κ2) is 6.80. The van der Waals surface area contributed by atoms with E-state index in [0.29, 0.717) is 12.2 Å². The average molecular weight is 307 g/mol. The first-order valence-corrected chi connectivity index (χ1v) is 6.35. The molecule has 114 valence electrons. The quantitative estimate of drug-likeness (QED) is 0.918. The van der Waals surface area contributed by atoms with Gasteiger partial charge in [0.1, 0.15) is 17.5 Å². The maximum Gasteiger partial charge on any atom is 0.422 e. The van der Waals surface area contributed by atoms with E-state index < -0.39 is 12.8 Å². The molecule has 7 heteroatoms. The molecule has 4 nitrogen and oxygen atoms in total. The van der Waals surface area contributed by atoms with Crippen LogP contribution in [0.3, 0.4) is 0 Å². The highest BCUT2D eigenvalue weighted by Crippen LogP contribution is 2.19. The lowest BCUT2D eigenvalue weighted by Gasteiger charge is -2.10. The minimum atomic E-state index is -4.34. The summed E-state index contributed by atoms with van der Waals surface area (Å²) in [7, 11) is 0. The van der Waals surface area contributed by atoms with E-state index in [-0.39, 0.29) is 5.75 Å². The molecule has 0 atom stereocenters. The first-order chi connectivity index (χ1) is 10.5. The van der Waals surface area contributed by atoms with Crippen LogP contribution in [0.15, 0.2) is 42.6 Å². The maximum absolute atomic E-state index is 12.0. The number of alkyl halides is 3. The number of nitriles is 1. The fourth-order valence-electron chi connectivity index (χ4n) is 1.64. The first-order valence-electron chi connectivity index (χ1n) is 6.35. The van der Waals surface area contributed by atoms with E-state index >= 15 is 0 Å². The topological polar surface area (TPSA) is 57.9 Å². The van der Waals surface area contributed by atoms with Crippen molar-refractivity contribution in [2.75, 3.05) is 11.9 Å². The smallest absolute Gasteiger partial charge is 0.422 e. The van der Waals surface area contributed by atoms with Crippen LogP contribution in [-0.4, -0.2) is 17.8 Å². The van der Waals surface area contributed by atoms with Crippen LogP contribution >= 0.6 is 0 Å². The number of benzene rings is 1. The SMILES string of the molecule is N#Cc1ccc(NCc2ccc(OCC(F)(F)F)cc2)cn1. The fraction of sp³-hybridized carbons (Fsp3) is 0.200. The van der Waals surface area contributed by atoms with Crippen LogP contribution < -0.4 is 10.1 Å². The fourth-order valence-corrected chi connectivity index (χ4v) is 1.64. The molecule has 0 spiro atoms. The highest BCUT2D eigenvalue weighted by atomic mass is 19.4. The minimum Gasteiger partial charge on any atom is -0.484 e. The van der Waals surface area contributed by atoms with Gasteiger partial charge < -0.3 is 10.1 Å².